The van der Waals surface area contributed by atoms with Gasteiger partial charge in [0.05, 0.1) is 22.0 Å². The van der Waals surface area contributed by atoms with Gasteiger partial charge in [-0.05, 0) is 49.9 Å². The minimum atomic E-state index is -0.0203. The summed E-state index contributed by atoms with van der Waals surface area (Å²) in [7, 11) is 0. The molecular weight excluding hydrogens is 402 g/mol. The monoisotopic (exact) mass is 429 g/mol. The standard InChI is InChI=1S/C22H27N3O2S2/c1-13-8-14(2)10-17(9-13)25-21(27)20-18(11-15(3)29-20)24-22(25)28-12-19(26)23-16-6-4-5-7-16/h8-10,15-16H,4-7,11-12H2,1-3H3,(H,23,26). The molecule has 1 aromatic heterocycles. The normalized spacial score (nSPS) is 18.8. The predicted octanol–water partition coefficient (Wildman–Crippen LogP) is 4.04. The van der Waals surface area contributed by atoms with Gasteiger partial charge in [-0.25, -0.2) is 4.98 Å². The summed E-state index contributed by atoms with van der Waals surface area (Å²) >= 11 is 2.96. The summed E-state index contributed by atoms with van der Waals surface area (Å²) in [6.07, 6.45) is 5.30. The minimum Gasteiger partial charge on any atom is -0.353 e. The topological polar surface area (TPSA) is 64.0 Å². The molecular formula is C22H27N3O2S2. The zero-order valence-corrected chi connectivity index (χ0v) is 18.8. The van der Waals surface area contributed by atoms with E-state index in [9.17, 15) is 9.59 Å². The quantitative estimate of drug-likeness (QED) is 0.574. The Morgan fingerprint density at radius 1 is 1.24 bits per heavy atom. The first-order valence-electron chi connectivity index (χ1n) is 10.2. The molecule has 1 N–H and O–H groups in total. The highest BCUT2D eigenvalue weighted by Gasteiger charge is 2.27. The van der Waals surface area contributed by atoms with Crippen LogP contribution in [-0.2, 0) is 11.2 Å². The van der Waals surface area contributed by atoms with Crippen LogP contribution in [0.2, 0.25) is 0 Å². The largest absolute Gasteiger partial charge is 0.353 e. The number of nitrogens with zero attached hydrogens (tertiary/aromatic N) is 2. The van der Waals surface area contributed by atoms with Crippen molar-refractivity contribution in [2.75, 3.05) is 5.75 Å². The summed E-state index contributed by atoms with van der Waals surface area (Å²) in [5, 5.41) is 4.08. The Morgan fingerprint density at radius 3 is 2.62 bits per heavy atom. The molecule has 1 saturated carbocycles. The molecule has 1 unspecified atom stereocenters. The third-order valence-electron chi connectivity index (χ3n) is 5.40. The van der Waals surface area contributed by atoms with Crippen LogP contribution in [0.4, 0.5) is 0 Å². The zero-order chi connectivity index (χ0) is 20.5. The Balaban J connectivity index is 1.66. The molecule has 1 fully saturated rings. The first-order chi connectivity index (χ1) is 13.9. The third-order valence-corrected chi connectivity index (χ3v) is 7.55. The Bertz CT molecular complexity index is 976. The van der Waals surface area contributed by atoms with Crippen molar-refractivity contribution in [2.45, 2.75) is 74.2 Å². The minimum absolute atomic E-state index is 0.0198. The molecule has 0 radical (unpaired) electrons. The Morgan fingerprint density at radius 2 is 1.93 bits per heavy atom. The lowest BCUT2D eigenvalue weighted by Crippen LogP contribution is -2.34. The summed E-state index contributed by atoms with van der Waals surface area (Å²) in [4.78, 5) is 31.4. The molecule has 1 aliphatic heterocycles. The Kier molecular flexibility index (Phi) is 6.06. The summed E-state index contributed by atoms with van der Waals surface area (Å²) in [6, 6.07) is 6.41. The maximum absolute atomic E-state index is 13.4. The molecule has 2 heterocycles. The average Bonchev–Trinajstić information content (AvgIpc) is 3.28. The van der Waals surface area contributed by atoms with E-state index in [2.05, 4.69) is 18.3 Å². The number of fused-ring (bicyclic) bond motifs is 1. The lowest BCUT2D eigenvalue weighted by Gasteiger charge is -2.16. The second-order valence-corrected chi connectivity index (χ2v) is 10.5. The van der Waals surface area contributed by atoms with Crippen LogP contribution in [0.15, 0.2) is 33.0 Å². The number of aryl methyl sites for hydroxylation is 2. The van der Waals surface area contributed by atoms with E-state index in [4.69, 9.17) is 4.98 Å². The van der Waals surface area contributed by atoms with E-state index in [0.717, 1.165) is 46.7 Å². The van der Waals surface area contributed by atoms with Gasteiger partial charge in [0.1, 0.15) is 0 Å². The molecule has 0 bridgehead atoms. The molecule has 1 aliphatic carbocycles. The fourth-order valence-electron chi connectivity index (χ4n) is 4.17. The lowest BCUT2D eigenvalue weighted by atomic mass is 10.1. The summed E-state index contributed by atoms with van der Waals surface area (Å²) in [6.45, 7) is 6.18. The van der Waals surface area contributed by atoms with Crippen LogP contribution in [0.1, 0.15) is 49.4 Å². The summed E-state index contributed by atoms with van der Waals surface area (Å²) in [5.41, 5.74) is 3.87. The van der Waals surface area contributed by atoms with Gasteiger partial charge in [0.2, 0.25) is 5.91 Å². The molecule has 1 atom stereocenters. The third kappa shape index (κ3) is 4.56. The molecule has 1 aromatic carbocycles. The lowest BCUT2D eigenvalue weighted by molar-refractivity contribution is -0.119. The van der Waals surface area contributed by atoms with Crippen LogP contribution in [0, 0.1) is 13.8 Å². The van der Waals surface area contributed by atoms with Crippen molar-refractivity contribution in [3.63, 3.8) is 0 Å². The van der Waals surface area contributed by atoms with Crippen LogP contribution in [0.3, 0.4) is 0 Å². The summed E-state index contributed by atoms with van der Waals surface area (Å²) < 4.78 is 1.69. The van der Waals surface area contributed by atoms with Crippen molar-refractivity contribution in [3.8, 4) is 5.69 Å². The molecule has 0 spiro atoms. The zero-order valence-electron chi connectivity index (χ0n) is 17.2. The van der Waals surface area contributed by atoms with E-state index >= 15 is 0 Å². The first-order valence-corrected chi connectivity index (χ1v) is 12.1. The SMILES string of the molecule is Cc1cc(C)cc(-n2c(SCC(=O)NC3CCCC3)nc3c(c2=O)SC(C)C3)c1. The second kappa shape index (κ2) is 8.56. The first kappa shape index (κ1) is 20.5. The molecule has 7 heteroatoms. The molecule has 154 valence electrons. The number of benzene rings is 1. The number of carbonyl (C=O) groups excluding carboxylic acids is 1. The van der Waals surface area contributed by atoms with Crippen molar-refractivity contribution in [1.82, 2.24) is 14.9 Å². The van der Waals surface area contributed by atoms with Gasteiger partial charge in [-0.2, -0.15) is 0 Å². The Hall–Kier alpha value is -1.73. The number of carbonyl (C=O) groups is 1. The highest BCUT2D eigenvalue weighted by Crippen LogP contribution is 2.35. The fourth-order valence-corrected chi connectivity index (χ4v) is 6.11. The van der Waals surface area contributed by atoms with E-state index in [1.165, 1.54) is 24.6 Å². The van der Waals surface area contributed by atoms with Gasteiger partial charge < -0.3 is 5.32 Å². The molecule has 29 heavy (non-hydrogen) atoms. The molecule has 0 saturated heterocycles. The molecule has 2 aromatic rings. The molecule has 5 nitrogen and oxygen atoms in total. The van der Waals surface area contributed by atoms with E-state index < -0.39 is 0 Å². The smallest absolute Gasteiger partial charge is 0.272 e. The van der Waals surface area contributed by atoms with E-state index in [0.29, 0.717) is 16.4 Å². The van der Waals surface area contributed by atoms with E-state index in [1.54, 1.807) is 16.3 Å². The van der Waals surface area contributed by atoms with Crippen LogP contribution >= 0.6 is 23.5 Å². The molecule has 4 rings (SSSR count). The number of nitrogens with one attached hydrogen (secondary N) is 1. The van der Waals surface area contributed by atoms with Crippen LogP contribution in [-0.4, -0.2) is 32.5 Å². The van der Waals surface area contributed by atoms with Crippen molar-refractivity contribution in [3.05, 3.63) is 45.4 Å². The Labute approximate surface area is 180 Å². The predicted molar refractivity (Wildman–Crippen MR) is 119 cm³/mol. The van der Waals surface area contributed by atoms with Crippen LogP contribution < -0.4 is 10.9 Å². The van der Waals surface area contributed by atoms with E-state index in [1.807, 2.05) is 26.0 Å². The maximum atomic E-state index is 13.4. The maximum Gasteiger partial charge on any atom is 0.272 e. The van der Waals surface area contributed by atoms with Crippen LogP contribution in [0.5, 0.6) is 0 Å². The fraction of sp³-hybridized carbons (Fsp3) is 0.500. The van der Waals surface area contributed by atoms with Crippen molar-refractivity contribution in [1.29, 1.82) is 0 Å². The highest BCUT2D eigenvalue weighted by molar-refractivity contribution is 8.00. The van der Waals surface area contributed by atoms with Gasteiger partial charge in [0.15, 0.2) is 5.16 Å². The van der Waals surface area contributed by atoms with Gasteiger partial charge in [-0.15, -0.1) is 11.8 Å². The number of hydrogen-bond acceptors (Lipinski definition) is 5. The highest BCUT2D eigenvalue weighted by atomic mass is 32.2. The van der Waals surface area contributed by atoms with Gasteiger partial charge in [-0.3, -0.25) is 14.2 Å². The number of rotatable bonds is 5. The van der Waals surface area contributed by atoms with Gasteiger partial charge in [0, 0.05) is 17.7 Å². The van der Waals surface area contributed by atoms with Crippen molar-refractivity contribution < 1.29 is 4.79 Å². The average molecular weight is 430 g/mol. The van der Waals surface area contributed by atoms with E-state index in [-0.39, 0.29) is 17.2 Å². The number of aromatic nitrogens is 2. The van der Waals surface area contributed by atoms with Gasteiger partial charge >= 0.3 is 0 Å². The van der Waals surface area contributed by atoms with Gasteiger partial charge in [0.25, 0.3) is 5.56 Å². The van der Waals surface area contributed by atoms with Crippen molar-refractivity contribution >= 4 is 29.4 Å². The summed E-state index contributed by atoms with van der Waals surface area (Å²) in [5.74, 6) is 0.293. The second-order valence-electron chi connectivity index (χ2n) is 8.13. The number of amides is 1. The number of thioether (sulfide) groups is 2. The van der Waals surface area contributed by atoms with Crippen molar-refractivity contribution in [2.24, 2.45) is 0 Å². The molecule has 1 amide bonds. The number of hydrogen-bond donors (Lipinski definition) is 1. The molecule has 2 aliphatic rings. The van der Waals surface area contributed by atoms with Gasteiger partial charge in [-0.1, -0.05) is 37.6 Å². The van der Waals surface area contributed by atoms with Crippen LogP contribution in [0.25, 0.3) is 5.69 Å².